The second-order valence-corrected chi connectivity index (χ2v) is 10.1. The highest BCUT2D eigenvalue weighted by atomic mass is 35.5. The lowest BCUT2D eigenvalue weighted by Gasteiger charge is -2.32. The quantitative estimate of drug-likeness (QED) is 0.763. The van der Waals surface area contributed by atoms with E-state index >= 15 is 0 Å². The van der Waals surface area contributed by atoms with Crippen molar-refractivity contribution in [3.63, 3.8) is 0 Å². The summed E-state index contributed by atoms with van der Waals surface area (Å²) in [5.41, 5.74) is 3.97. The number of carbonyl (C=O) groups is 1. The van der Waals surface area contributed by atoms with E-state index in [1.165, 1.54) is 4.31 Å². The molecule has 0 aromatic heterocycles. The minimum Gasteiger partial charge on any atom is -0.326 e. The average Bonchev–Trinajstić information content (AvgIpc) is 2.64. The Morgan fingerprint density at radius 3 is 2.45 bits per heavy atom. The van der Waals surface area contributed by atoms with Crippen LogP contribution in [0.2, 0.25) is 5.02 Å². The molecule has 1 N–H and O–H groups in total. The first-order valence-electron chi connectivity index (χ1n) is 9.75. The second-order valence-electron chi connectivity index (χ2n) is 7.83. The first-order chi connectivity index (χ1) is 13.6. The molecule has 29 heavy (non-hydrogen) atoms. The predicted molar refractivity (Wildman–Crippen MR) is 117 cm³/mol. The molecular formula is C22H27ClN2O3S. The van der Waals surface area contributed by atoms with Gasteiger partial charge in [-0.25, -0.2) is 8.42 Å². The number of sulfonamides is 1. The van der Waals surface area contributed by atoms with Crippen molar-refractivity contribution in [1.29, 1.82) is 0 Å². The first-order valence-corrected chi connectivity index (χ1v) is 11.6. The van der Waals surface area contributed by atoms with Gasteiger partial charge in [0.2, 0.25) is 15.9 Å². The molecule has 0 aliphatic carbocycles. The third-order valence-corrected chi connectivity index (χ3v) is 8.06. The summed E-state index contributed by atoms with van der Waals surface area (Å²) in [5, 5.41) is 3.50. The van der Waals surface area contributed by atoms with E-state index in [1.807, 2.05) is 39.8 Å². The molecule has 1 atom stereocenters. The number of nitrogens with zero attached hydrogens (tertiary/aromatic N) is 1. The first kappa shape index (κ1) is 21.8. The Morgan fingerprint density at radius 1 is 1.14 bits per heavy atom. The lowest BCUT2D eigenvalue weighted by atomic mass is 9.98. The largest absolute Gasteiger partial charge is 0.326 e. The Morgan fingerprint density at radius 2 is 1.79 bits per heavy atom. The molecule has 0 bridgehead atoms. The van der Waals surface area contributed by atoms with E-state index in [0.29, 0.717) is 35.0 Å². The van der Waals surface area contributed by atoms with Crippen LogP contribution in [0.1, 0.15) is 35.1 Å². The maximum atomic E-state index is 13.3. The van der Waals surface area contributed by atoms with Crippen molar-refractivity contribution in [2.45, 2.75) is 45.4 Å². The highest BCUT2D eigenvalue weighted by molar-refractivity contribution is 7.89. The second kappa shape index (κ2) is 8.46. The monoisotopic (exact) mass is 434 g/mol. The van der Waals surface area contributed by atoms with E-state index < -0.39 is 15.9 Å². The number of hydrogen-bond donors (Lipinski definition) is 1. The lowest BCUT2D eigenvalue weighted by molar-refractivity contribution is -0.120. The molecule has 7 heteroatoms. The number of benzene rings is 2. The van der Waals surface area contributed by atoms with Gasteiger partial charge in [0.1, 0.15) is 0 Å². The molecule has 0 spiro atoms. The van der Waals surface area contributed by atoms with Gasteiger partial charge >= 0.3 is 0 Å². The fourth-order valence-electron chi connectivity index (χ4n) is 4.06. The van der Waals surface area contributed by atoms with Crippen LogP contribution in [0.5, 0.6) is 0 Å². The van der Waals surface area contributed by atoms with Crippen LogP contribution in [0, 0.1) is 33.6 Å². The third-order valence-electron chi connectivity index (χ3n) is 5.48. The maximum Gasteiger partial charge on any atom is 0.243 e. The van der Waals surface area contributed by atoms with E-state index in [2.05, 4.69) is 5.32 Å². The Kier molecular flexibility index (Phi) is 6.36. The molecule has 0 saturated carbocycles. The summed E-state index contributed by atoms with van der Waals surface area (Å²) in [4.78, 5) is 13.2. The molecule has 1 aliphatic rings. The maximum absolute atomic E-state index is 13.3. The average molecular weight is 435 g/mol. The van der Waals surface area contributed by atoms with Crippen molar-refractivity contribution in [2.75, 3.05) is 18.4 Å². The molecule has 156 valence electrons. The molecule has 2 aromatic carbocycles. The zero-order chi connectivity index (χ0) is 21.3. The van der Waals surface area contributed by atoms with E-state index in [1.54, 1.807) is 18.2 Å². The number of nitrogens with one attached hydrogen (secondary N) is 1. The summed E-state index contributed by atoms with van der Waals surface area (Å²) in [6.07, 6.45) is 1.30. The number of anilines is 1. The molecule has 1 amide bonds. The van der Waals surface area contributed by atoms with Crippen LogP contribution in [0.15, 0.2) is 35.2 Å². The van der Waals surface area contributed by atoms with Crippen LogP contribution in [0.25, 0.3) is 0 Å². The molecule has 2 aromatic rings. The molecule has 3 rings (SSSR count). The van der Waals surface area contributed by atoms with Gasteiger partial charge in [-0.15, -0.1) is 0 Å². The number of amides is 1. The summed E-state index contributed by atoms with van der Waals surface area (Å²) < 4.78 is 28.1. The molecule has 0 radical (unpaired) electrons. The lowest BCUT2D eigenvalue weighted by Crippen LogP contribution is -2.44. The van der Waals surface area contributed by atoms with Crippen LogP contribution in [-0.2, 0) is 14.8 Å². The van der Waals surface area contributed by atoms with E-state index in [0.717, 1.165) is 22.3 Å². The Hall–Kier alpha value is -1.89. The normalized spacial score (nSPS) is 17.9. The van der Waals surface area contributed by atoms with Gasteiger partial charge in [0.05, 0.1) is 10.8 Å². The van der Waals surface area contributed by atoms with Crippen LogP contribution in [0.4, 0.5) is 5.69 Å². The number of carbonyl (C=O) groups excluding carboxylic acids is 1. The fourth-order valence-corrected chi connectivity index (χ4v) is 6.17. The van der Waals surface area contributed by atoms with Crippen molar-refractivity contribution < 1.29 is 13.2 Å². The molecule has 5 nitrogen and oxygen atoms in total. The van der Waals surface area contributed by atoms with Crippen molar-refractivity contribution >= 4 is 33.2 Å². The van der Waals surface area contributed by atoms with Gasteiger partial charge in [-0.1, -0.05) is 35.4 Å². The van der Waals surface area contributed by atoms with Gasteiger partial charge in [-0.3, -0.25) is 4.79 Å². The standard InChI is InChI=1S/C22H27ClN2O3S/c1-14-11-15(2)21(16(3)12-14)29(27,28)25-10-6-7-18(13-25)22(26)24-20-9-5-8-19(23)17(20)4/h5,8-9,11-12,18H,6-7,10,13H2,1-4H3,(H,24,26)/t18-/m0/s1. The van der Waals surface area contributed by atoms with Crippen LogP contribution >= 0.6 is 11.6 Å². The molecule has 1 heterocycles. The number of aryl methyl sites for hydroxylation is 3. The number of piperidine rings is 1. The summed E-state index contributed by atoms with van der Waals surface area (Å²) >= 11 is 6.14. The molecule has 1 fully saturated rings. The van der Waals surface area contributed by atoms with Crippen LogP contribution in [0.3, 0.4) is 0 Å². The van der Waals surface area contributed by atoms with Gasteiger partial charge in [0.15, 0.2) is 0 Å². The summed E-state index contributed by atoms with van der Waals surface area (Å²) in [7, 11) is -3.66. The fraction of sp³-hybridized carbons (Fsp3) is 0.409. The summed E-state index contributed by atoms with van der Waals surface area (Å²) in [6.45, 7) is 8.05. The van der Waals surface area contributed by atoms with Crippen molar-refractivity contribution in [3.8, 4) is 0 Å². The molecular weight excluding hydrogens is 408 g/mol. The number of halogens is 1. The van der Waals surface area contributed by atoms with Gasteiger partial charge in [0, 0.05) is 23.8 Å². The minimum absolute atomic E-state index is 0.174. The van der Waals surface area contributed by atoms with Gasteiger partial charge in [0.25, 0.3) is 0 Å². The highest BCUT2D eigenvalue weighted by Gasteiger charge is 2.35. The van der Waals surface area contributed by atoms with E-state index in [9.17, 15) is 13.2 Å². The van der Waals surface area contributed by atoms with Gasteiger partial charge < -0.3 is 5.32 Å². The SMILES string of the molecule is Cc1cc(C)c(S(=O)(=O)N2CCC[C@H](C(=O)Nc3cccc(Cl)c3C)C2)c(C)c1. The van der Waals surface area contributed by atoms with Crippen molar-refractivity contribution in [3.05, 3.63) is 57.6 Å². The highest BCUT2D eigenvalue weighted by Crippen LogP contribution is 2.30. The zero-order valence-corrected chi connectivity index (χ0v) is 18.8. The third kappa shape index (κ3) is 4.49. The minimum atomic E-state index is -3.66. The van der Waals surface area contributed by atoms with Gasteiger partial charge in [-0.05, 0) is 69.4 Å². The van der Waals surface area contributed by atoms with Crippen LogP contribution < -0.4 is 5.32 Å². The molecule has 1 aliphatic heterocycles. The predicted octanol–water partition coefficient (Wildman–Crippen LogP) is 4.61. The van der Waals surface area contributed by atoms with Crippen molar-refractivity contribution in [1.82, 2.24) is 4.31 Å². The molecule has 0 unspecified atom stereocenters. The Bertz CT molecular complexity index is 1030. The van der Waals surface area contributed by atoms with Crippen molar-refractivity contribution in [2.24, 2.45) is 5.92 Å². The Balaban J connectivity index is 1.81. The summed E-state index contributed by atoms with van der Waals surface area (Å²) in [6, 6.07) is 9.13. The number of hydrogen-bond acceptors (Lipinski definition) is 3. The zero-order valence-electron chi connectivity index (χ0n) is 17.3. The molecule has 1 saturated heterocycles. The Labute approximate surface area is 178 Å². The summed E-state index contributed by atoms with van der Waals surface area (Å²) in [5.74, 6) is -0.574. The number of rotatable bonds is 4. The topological polar surface area (TPSA) is 66.5 Å². The van der Waals surface area contributed by atoms with Gasteiger partial charge in [-0.2, -0.15) is 4.31 Å². The van der Waals surface area contributed by atoms with E-state index in [4.69, 9.17) is 11.6 Å². The van der Waals surface area contributed by atoms with Crippen LogP contribution in [-0.4, -0.2) is 31.7 Å². The van der Waals surface area contributed by atoms with E-state index in [-0.39, 0.29) is 12.5 Å². The smallest absolute Gasteiger partial charge is 0.243 e.